The van der Waals surface area contributed by atoms with Crippen LogP contribution in [0.4, 0.5) is 0 Å². The summed E-state index contributed by atoms with van der Waals surface area (Å²) in [6, 6.07) is 2.11. The quantitative estimate of drug-likeness (QED) is 0.875. The van der Waals surface area contributed by atoms with E-state index in [1.165, 1.54) is 23.3 Å². The standard InChI is InChI=1S/C17H26N2O2S/c1-21-12-17(6-8-18-9-7-17)11-19-16(20)15-10-13-4-2-3-5-14(13)22-15/h10,18H,2-9,11-12H2,1H3,(H,19,20). The molecule has 2 heterocycles. The lowest BCUT2D eigenvalue weighted by Gasteiger charge is -2.37. The molecule has 0 spiro atoms. The van der Waals surface area contributed by atoms with E-state index in [9.17, 15) is 4.79 Å². The molecule has 22 heavy (non-hydrogen) atoms. The van der Waals surface area contributed by atoms with Crippen molar-refractivity contribution in [2.45, 2.75) is 38.5 Å². The largest absolute Gasteiger partial charge is 0.384 e. The highest BCUT2D eigenvalue weighted by molar-refractivity contribution is 7.14. The average Bonchev–Trinajstić information content (AvgIpc) is 2.98. The van der Waals surface area contributed by atoms with Crippen LogP contribution in [-0.2, 0) is 17.6 Å². The van der Waals surface area contributed by atoms with E-state index in [4.69, 9.17) is 4.74 Å². The van der Waals surface area contributed by atoms with Gasteiger partial charge in [-0.3, -0.25) is 4.79 Å². The van der Waals surface area contributed by atoms with Crippen molar-refractivity contribution in [3.8, 4) is 0 Å². The van der Waals surface area contributed by atoms with E-state index < -0.39 is 0 Å². The summed E-state index contributed by atoms with van der Waals surface area (Å²) in [6.07, 6.45) is 6.92. The van der Waals surface area contributed by atoms with Crippen molar-refractivity contribution in [2.24, 2.45) is 5.41 Å². The number of carbonyl (C=O) groups excluding carboxylic acids is 1. The van der Waals surface area contributed by atoms with Crippen LogP contribution in [-0.4, -0.2) is 39.3 Å². The third kappa shape index (κ3) is 3.53. The zero-order chi connectivity index (χ0) is 15.4. The van der Waals surface area contributed by atoms with E-state index in [2.05, 4.69) is 16.7 Å². The Morgan fingerprint density at radius 2 is 2.14 bits per heavy atom. The van der Waals surface area contributed by atoms with Gasteiger partial charge in [-0.15, -0.1) is 11.3 Å². The molecule has 1 aliphatic heterocycles. The molecule has 2 N–H and O–H groups in total. The molecule has 0 unspecified atom stereocenters. The minimum atomic E-state index is 0.0898. The summed E-state index contributed by atoms with van der Waals surface area (Å²) >= 11 is 1.69. The van der Waals surface area contributed by atoms with Crippen LogP contribution in [0.15, 0.2) is 6.07 Å². The number of methoxy groups -OCH3 is 1. The molecule has 4 nitrogen and oxygen atoms in total. The van der Waals surface area contributed by atoms with Crippen LogP contribution in [0, 0.1) is 5.41 Å². The molecule has 1 aromatic rings. The Morgan fingerprint density at radius 3 is 2.86 bits per heavy atom. The highest BCUT2D eigenvalue weighted by Gasteiger charge is 2.32. The Morgan fingerprint density at radius 1 is 1.36 bits per heavy atom. The summed E-state index contributed by atoms with van der Waals surface area (Å²) in [5.41, 5.74) is 1.49. The molecule has 0 bridgehead atoms. The molecule has 0 saturated carbocycles. The van der Waals surface area contributed by atoms with Crippen molar-refractivity contribution in [3.63, 3.8) is 0 Å². The monoisotopic (exact) mass is 322 g/mol. The summed E-state index contributed by atoms with van der Waals surface area (Å²) in [6.45, 7) is 3.44. The molecule has 0 radical (unpaired) electrons. The number of nitrogens with one attached hydrogen (secondary N) is 2. The first-order valence-corrected chi connectivity index (χ1v) is 9.14. The second-order valence-corrected chi connectivity index (χ2v) is 7.77. The van der Waals surface area contributed by atoms with Crippen LogP contribution < -0.4 is 10.6 Å². The van der Waals surface area contributed by atoms with Gasteiger partial charge in [-0.2, -0.15) is 0 Å². The highest BCUT2D eigenvalue weighted by atomic mass is 32.1. The Kier molecular flexibility index (Phi) is 5.16. The van der Waals surface area contributed by atoms with Crippen molar-refractivity contribution in [1.82, 2.24) is 10.6 Å². The molecule has 2 aliphatic rings. The molecule has 1 saturated heterocycles. The topological polar surface area (TPSA) is 50.4 Å². The minimum Gasteiger partial charge on any atom is -0.384 e. The van der Waals surface area contributed by atoms with Gasteiger partial charge in [-0.05, 0) is 63.2 Å². The van der Waals surface area contributed by atoms with Gasteiger partial charge < -0.3 is 15.4 Å². The number of hydrogen-bond acceptors (Lipinski definition) is 4. The number of carbonyl (C=O) groups is 1. The second-order valence-electron chi connectivity index (χ2n) is 6.63. The van der Waals surface area contributed by atoms with Gasteiger partial charge in [-0.25, -0.2) is 0 Å². The summed E-state index contributed by atoms with van der Waals surface area (Å²) in [5.74, 6) is 0.0911. The van der Waals surface area contributed by atoms with Crippen LogP contribution >= 0.6 is 11.3 Å². The average molecular weight is 322 g/mol. The molecule has 1 aromatic heterocycles. The molecule has 5 heteroatoms. The lowest BCUT2D eigenvalue weighted by atomic mass is 9.79. The number of thiophene rings is 1. The van der Waals surface area contributed by atoms with Gasteiger partial charge in [-0.1, -0.05) is 0 Å². The molecular weight excluding hydrogens is 296 g/mol. The zero-order valence-electron chi connectivity index (χ0n) is 13.4. The van der Waals surface area contributed by atoms with E-state index in [-0.39, 0.29) is 11.3 Å². The lowest BCUT2D eigenvalue weighted by molar-refractivity contribution is 0.0512. The number of piperidine rings is 1. The maximum Gasteiger partial charge on any atom is 0.261 e. The number of amides is 1. The zero-order valence-corrected chi connectivity index (χ0v) is 14.2. The number of rotatable bonds is 5. The minimum absolute atomic E-state index is 0.0898. The van der Waals surface area contributed by atoms with Crippen molar-refractivity contribution in [2.75, 3.05) is 33.4 Å². The summed E-state index contributed by atoms with van der Waals surface area (Å²) in [5, 5.41) is 6.55. The van der Waals surface area contributed by atoms with Crippen LogP contribution in [0.5, 0.6) is 0 Å². The van der Waals surface area contributed by atoms with Crippen molar-refractivity contribution in [3.05, 3.63) is 21.4 Å². The van der Waals surface area contributed by atoms with Gasteiger partial charge in [0.1, 0.15) is 0 Å². The van der Waals surface area contributed by atoms with Crippen LogP contribution in [0.25, 0.3) is 0 Å². The van der Waals surface area contributed by atoms with E-state index >= 15 is 0 Å². The first kappa shape index (κ1) is 16.0. The van der Waals surface area contributed by atoms with Gasteiger partial charge in [0.15, 0.2) is 0 Å². The lowest BCUT2D eigenvalue weighted by Crippen LogP contribution is -2.47. The van der Waals surface area contributed by atoms with Gasteiger partial charge in [0.05, 0.1) is 11.5 Å². The highest BCUT2D eigenvalue weighted by Crippen LogP contribution is 2.31. The van der Waals surface area contributed by atoms with Crippen molar-refractivity contribution in [1.29, 1.82) is 0 Å². The fourth-order valence-electron chi connectivity index (χ4n) is 3.59. The van der Waals surface area contributed by atoms with Crippen LogP contribution in [0.2, 0.25) is 0 Å². The van der Waals surface area contributed by atoms with Crippen molar-refractivity contribution < 1.29 is 9.53 Å². The third-order valence-corrected chi connectivity index (χ3v) is 6.19. The smallest absolute Gasteiger partial charge is 0.261 e. The predicted molar refractivity (Wildman–Crippen MR) is 89.7 cm³/mol. The fraction of sp³-hybridized carbons (Fsp3) is 0.706. The van der Waals surface area contributed by atoms with Crippen molar-refractivity contribution >= 4 is 17.2 Å². The Bertz CT molecular complexity index is 492. The van der Waals surface area contributed by atoms with E-state index in [0.717, 1.165) is 50.3 Å². The molecule has 3 rings (SSSR count). The van der Waals surface area contributed by atoms with Gasteiger partial charge in [0.25, 0.3) is 5.91 Å². The van der Waals surface area contributed by atoms with Gasteiger partial charge in [0.2, 0.25) is 0 Å². The third-order valence-electron chi connectivity index (χ3n) is 4.96. The normalized spacial score (nSPS) is 20.4. The number of hydrogen-bond donors (Lipinski definition) is 2. The van der Waals surface area contributed by atoms with E-state index in [1.807, 2.05) is 0 Å². The Balaban J connectivity index is 1.62. The molecule has 122 valence electrons. The second kappa shape index (κ2) is 7.11. The number of fused-ring (bicyclic) bond motifs is 1. The van der Waals surface area contributed by atoms with Crippen LogP contribution in [0.3, 0.4) is 0 Å². The molecule has 1 fully saturated rings. The van der Waals surface area contributed by atoms with Gasteiger partial charge in [0, 0.05) is 23.9 Å². The number of ether oxygens (including phenoxy) is 1. The Labute approximate surface area is 136 Å². The maximum absolute atomic E-state index is 12.5. The molecule has 1 amide bonds. The SMILES string of the molecule is COCC1(CNC(=O)c2cc3c(s2)CCCC3)CCNCC1. The molecular formula is C17H26N2O2S. The van der Waals surface area contributed by atoms with E-state index in [0.29, 0.717) is 6.54 Å². The molecule has 0 atom stereocenters. The van der Waals surface area contributed by atoms with Gasteiger partial charge >= 0.3 is 0 Å². The Hall–Kier alpha value is -0.910. The first-order valence-electron chi connectivity index (χ1n) is 8.32. The number of aryl methyl sites for hydroxylation is 2. The maximum atomic E-state index is 12.5. The summed E-state index contributed by atoms with van der Waals surface area (Å²) in [4.78, 5) is 14.8. The van der Waals surface area contributed by atoms with E-state index in [1.54, 1.807) is 18.4 Å². The summed E-state index contributed by atoms with van der Waals surface area (Å²) in [7, 11) is 1.75. The summed E-state index contributed by atoms with van der Waals surface area (Å²) < 4.78 is 5.41. The molecule has 0 aromatic carbocycles. The van der Waals surface area contributed by atoms with Crippen LogP contribution in [0.1, 0.15) is 45.8 Å². The predicted octanol–water partition coefficient (Wildman–Crippen LogP) is 2.37. The molecule has 1 aliphatic carbocycles. The fourth-order valence-corrected chi connectivity index (χ4v) is 4.76. The first-order chi connectivity index (χ1) is 10.7.